The highest BCUT2D eigenvalue weighted by molar-refractivity contribution is 7.98. The van der Waals surface area contributed by atoms with Crippen LogP contribution in [0.3, 0.4) is 0 Å². The first kappa shape index (κ1) is 23.8. The molecule has 0 aliphatic heterocycles. The van der Waals surface area contributed by atoms with Gasteiger partial charge in [0.2, 0.25) is 0 Å². The third kappa shape index (κ3) is 5.03. The van der Waals surface area contributed by atoms with Crippen molar-refractivity contribution >= 4 is 23.2 Å². The van der Waals surface area contributed by atoms with Crippen molar-refractivity contribution in [3.8, 4) is 0 Å². The maximum Gasteiger partial charge on any atom is 0.138 e. The van der Waals surface area contributed by atoms with E-state index in [2.05, 4.69) is 170 Å². The predicted molar refractivity (Wildman–Crippen MR) is 157 cm³/mol. The third-order valence-electron chi connectivity index (χ3n) is 6.52. The second kappa shape index (κ2) is 11.2. The van der Waals surface area contributed by atoms with Gasteiger partial charge in [-0.3, -0.25) is 0 Å². The van der Waals surface area contributed by atoms with Crippen molar-refractivity contribution in [3.05, 3.63) is 174 Å². The molecular weight excluding hydrogens is 453 g/mol. The highest BCUT2D eigenvalue weighted by Gasteiger charge is 2.44. The van der Waals surface area contributed by atoms with E-state index >= 15 is 0 Å². The van der Waals surface area contributed by atoms with Crippen molar-refractivity contribution in [2.45, 2.75) is 13.0 Å². The predicted octanol–water partition coefficient (Wildman–Crippen LogP) is 7.22. The Morgan fingerprint density at radius 3 is 1.14 bits per heavy atom. The van der Waals surface area contributed by atoms with Gasteiger partial charge in [0.1, 0.15) is 23.2 Å². The molecule has 0 aromatic heterocycles. The Balaban J connectivity index is 1.68. The summed E-state index contributed by atoms with van der Waals surface area (Å²) in [4.78, 5) is 0. The Morgan fingerprint density at radius 1 is 0.500 bits per heavy atom. The van der Waals surface area contributed by atoms with Crippen LogP contribution in [0.15, 0.2) is 163 Å². The molecule has 2 heteroatoms. The van der Waals surface area contributed by atoms with Crippen LogP contribution in [0.1, 0.15) is 24.1 Å². The Kier molecular flexibility index (Phi) is 7.41. The minimum Gasteiger partial charge on any atom is -0.375 e. The second-order valence-corrected chi connectivity index (χ2v) is 12.2. The molecule has 0 aliphatic carbocycles. The van der Waals surface area contributed by atoms with Crippen LogP contribution in [0.4, 0.5) is 0 Å². The van der Waals surface area contributed by atoms with Crippen LogP contribution in [0.2, 0.25) is 0 Å². The molecule has 1 nitrogen and oxygen atoms in total. The summed E-state index contributed by atoms with van der Waals surface area (Å²) in [5.74, 6) is 2.51. The molecule has 0 heterocycles. The van der Waals surface area contributed by atoms with Gasteiger partial charge in [0, 0.05) is 5.70 Å². The maximum atomic E-state index is 3.90. The van der Waals surface area contributed by atoms with Crippen LogP contribution in [0, 0.1) is 0 Å². The van der Waals surface area contributed by atoms with Gasteiger partial charge < -0.3 is 5.32 Å². The Hall–Kier alpha value is -3.93. The molecule has 0 amide bonds. The van der Waals surface area contributed by atoms with E-state index in [0.717, 1.165) is 5.70 Å². The number of nitrogens with one attached hydrogen (secondary N) is 1. The van der Waals surface area contributed by atoms with E-state index in [4.69, 9.17) is 0 Å². The average Bonchev–Trinajstić information content (AvgIpc) is 2.97. The Labute approximate surface area is 215 Å². The molecule has 0 spiro atoms. The molecule has 176 valence electrons. The number of hydrogen-bond acceptors (Lipinski definition) is 1. The molecule has 0 fully saturated rings. The van der Waals surface area contributed by atoms with E-state index in [1.54, 1.807) is 0 Å². The number of allylic oxidation sites excluding steroid dienone is 1. The van der Waals surface area contributed by atoms with Crippen LogP contribution < -0.4 is 21.2 Å². The molecule has 0 saturated heterocycles. The molecule has 5 aromatic carbocycles. The fourth-order valence-electron chi connectivity index (χ4n) is 4.87. The van der Waals surface area contributed by atoms with Gasteiger partial charge >= 0.3 is 0 Å². The van der Waals surface area contributed by atoms with Crippen LogP contribution in [0.5, 0.6) is 0 Å². The van der Waals surface area contributed by atoms with Crippen molar-refractivity contribution in [2.24, 2.45) is 0 Å². The molecule has 0 atom stereocenters. The van der Waals surface area contributed by atoms with Crippen molar-refractivity contribution in [1.82, 2.24) is 5.32 Å². The Bertz CT molecular complexity index is 1250. The van der Waals surface area contributed by atoms with Gasteiger partial charge in [0.25, 0.3) is 0 Å². The van der Waals surface area contributed by atoms with Crippen LogP contribution in [0.25, 0.3) is 0 Å². The van der Waals surface area contributed by atoms with Crippen LogP contribution >= 0.6 is 7.26 Å². The lowest BCUT2D eigenvalue weighted by Gasteiger charge is -2.27. The lowest BCUT2D eigenvalue weighted by Crippen LogP contribution is -2.31. The second-order valence-electron chi connectivity index (χ2n) is 8.94. The van der Waals surface area contributed by atoms with Gasteiger partial charge in [-0.15, -0.1) is 0 Å². The molecule has 0 saturated carbocycles. The summed E-state index contributed by atoms with van der Waals surface area (Å²) in [6.45, 7) is 2.21. The summed E-state index contributed by atoms with van der Waals surface area (Å²) in [7, 11) is -2.07. The first-order valence-corrected chi connectivity index (χ1v) is 14.2. The lowest BCUT2D eigenvalue weighted by atomic mass is 9.98. The SMILES string of the molecule is C/C(=C\[P+](c1ccccc1)(c1ccccc1)c1ccccc1)NC(c1ccccc1)c1ccccc1. The van der Waals surface area contributed by atoms with Crippen LogP contribution in [-0.4, -0.2) is 0 Å². The molecule has 5 aromatic rings. The first-order valence-electron chi connectivity index (χ1n) is 12.4. The van der Waals surface area contributed by atoms with E-state index in [-0.39, 0.29) is 6.04 Å². The zero-order valence-corrected chi connectivity index (χ0v) is 21.4. The quantitative estimate of drug-likeness (QED) is 0.229. The zero-order chi connectivity index (χ0) is 24.6. The van der Waals surface area contributed by atoms with Crippen molar-refractivity contribution in [3.63, 3.8) is 0 Å². The van der Waals surface area contributed by atoms with E-state index in [1.807, 2.05) is 0 Å². The summed E-state index contributed by atoms with van der Waals surface area (Å²) < 4.78 is 0. The first-order chi connectivity index (χ1) is 17.8. The summed E-state index contributed by atoms with van der Waals surface area (Å²) in [6.07, 6.45) is 0. The monoisotopic (exact) mass is 484 g/mol. The molecule has 36 heavy (non-hydrogen) atoms. The van der Waals surface area contributed by atoms with Gasteiger partial charge in [-0.2, -0.15) is 0 Å². The minimum atomic E-state index is -2.07. The van der Waals surface area contributed by atoms with Gasteiger partial charge in [0.15, 0.2) is 0 Å². The van der Waals surface area contributed by atoms with Crippen molar-refractivity contribution < 1.29 is 0 Å². The van der Waals surface area contributed by atoms with E-state index < -0.39 is 7.26 Å². The van der Waals surface area contributed by atoms with E-state index in [1.165, 1.54) is 27.0 Å². The van der Waals surface area contributed by atoms with Crippen molar-refractivity contribution in [1.29, 1.82) is 0 Å². The molecule has 0 aliphatic rings. The number of rotatable bonds is 8. The van der Waals surface area contributed by atoms with E-state index in [0.29, 0.717) is 0 Å². The molecule has 1 N–H and O–H groups in total. The molecule has 0 unspecified atom stereocenters. The smallest absolute Gasteiger partial charge is 0.138 e. The van der Waals surface area contributed by atoms with Gasteiger partial charge in [-0.05, 0) is 54.4 Å². The number of hydrogen-bond donors (Lipinski definition) is 1. The standard InChI is InChI=1S/C34H31NP/c1-28(35-34(29-17-7-2-8-18-29)30-19-9-3-10-20-30)27-36(31-21-11-4-12-22-31,32-23-13-5-14-24-32)33-25-15-6-16-26-33/h2-27,34-35H,1H3/q+1/b28-27+. The summed E-state index contributed by atoms with van der Waals surface area (Å²) in [5.41, 5.74) is 3.66. The number of benzene rings is 5. The topological polar surface area (TPSA) is 12.0 Å². The minimum absolute atomic E-state index is 0.0628. The summed E-state index contributed by atoms with van der Waals surface area (Å²) >= 11 is 0. The largest absolute Gasteiger partial charge is 0.375 e. The van der Waals surface area contributed by atoms with Gasteiger partial charge in [0.05, 0.1) is 11.9 Å². The highest BCUT2D eigenvalue weighted by atomic mass is 31.2. The summed E-state index contributed by atoms with van der Waals surface area (Å²) in [6, 6.07) is 54.4. The lowest BCUT2D eigenvalue weighted by molar-refractivity contribution is 0.693. The van der Waals surface area contributed by atoms with E-state index in [9.17, 15) is 0 Å². The molecule has 5 rings (SSSR count). The molecule has 0 bridgehead atoms. The van der Waals surface area contributed by atoms with Crippen LogP contribution in [-0.2, 0) is 0 Å². The normalized spacial score (nSPS) is 11.9. The zero-order valence-electron chi connectivity index (χ0n) is 20.5. The molecular formula is C34H31NP+. The maximum absolute atomic E-state index is 3.90. The van der Waals surface area contributed by atoms with Crippen molar-refractivity contribution in [2.75, 3.05) is 0 Å². The highest BCUT2D eigenvalue weighted by Crippen LogP contribution is 2.57. The van der Waals surface area contributed by atoms with Gasteiger partial charge in [-0.25, -0.2) is 0 Å². The third-order valence-corrected chi connectivity index (χ3v) is 10.6. The average molecular weight is 485 g/mol. The summed E-state index contributed by atoms with van der Waals surface area (Å²) in [5, 5.41) is 7.94. The molecule has 0 radical (unpaired) electrons. The Morgan fingerprint density at radius 2 is 0.806 bits per heavy atom. The van der Waals surface area contributed by atoms with Gasteiger partial charge in [-0.1, -0.05) is 115 Å². The fraction of sp³-hybridized carbons (Fsp3) is 0.0588. The fourth-order valence-corrected chi connectivity index (χ4v) is 8.79.